The number of benzene rings is 1. The van der Waals surface area contributed by atoms with Crippen molar-refractivity contribution >= 4 is 5.97 Å². The number of carboxylic acid groups (broad SMARTS) is 1. The molecule has 18 heavy (non-hydrogen) atoms. The summed E-state index contributed by atoms with van der Waals surface area (Å²) in [4.78, 5) is 10.8. The van der Waals surface area contributed by atoms with E-state index in [1.807, 2.05) is 0 Å². The fraction of sp³-hybridized carbons (Fsp3) is 0.462. The molecule has 5 heteroatoms. The van der Waals surface area contributed by atoms with Crippen molar-refractivity contribution in [3.63, 3.8) is 0 Å². The van der Waals surface area contributed by atoms with Gasteiger partial charge in [-0.25, -0.2) is 4.39 Å². The topological polar surface area (TPSA) is 55.8 Å². The zero-order valence-electron chi connectivity index (χ0n) is 10.5. The summed E-state index contributed by atoms with van der Waals surface area (Å²) in [7, 11) is 1.56. The average molecular weight is 256 g/mol. The van der Waals surface area contributed by atoms with Gasteiger partial charge in [0.2, 0.25) is 0 Å². The van der Waals surface area contributed by atoms with Crippen LogP contribution < -0.4 is 0 Å². The second-order valence-electron chi connectivity index (χ2n) is 3.96. The number of aliphatic carboxylic acids is 1. The molecule has 1 N–H and O–H groups in total. The summed E-state index contributed by atoms with van der Waals surface area (Å²) < 4.78 is 23.7. The summed E-state index contributed by atoms with van der Waals surface area (Å²) in [5.74, 6) is -2.14. The Morgan fingerprint density at radius 3 is 2.72 bits per heavy atom. The molecule has 0 aliphatic heterocycles. The van der Waals surface area contributed by atoms with Crippen molar-refractivity contribution in [1.29, 1.82) is 0 Å². The molecule has 1 atom stereocenters. The van der Waals surface area contributed by atoms with Crippen LogP contribution in [0, 0.1) is 5.82 Å². The van der Waals surface area contributed by atoms with Crippen LogP contribution >= 0.6 is 0 Å². The molecule has 0 saturated carbocycles. The summed E-state index contributed by atoms with van der Waals surface area (Å²) in [6.45, 7) is 2.52. The minimum Gasteiger partial charge on any atom is -0.481 e. The number of carboxylic acids is 1. The zero-order valence-corrected chi connectivity index (χ0v) is 10.5. The average Bonchev–Trinajstić information content (AvgIpc) is 2.35. The van der Waals surface area contributed by atoms with Crippen molar-refractivity contribution in [3.05, 3.63) is 35.1 Å². The maximum atomic E-state index is 13.7. The fourth-order valence-electron chi connectivity index (χ4n) is 1.42. The van der Waals surface area contributed by atoms with Crippen LogP contribution in [-0.4, -0.2) is 31.4 Å². The van der Waals surface area contributed by atoms with Gasteiger partial charge in [-0.15, -0.1) is 0 Å². The number of hydrogen-bond donors (Lipinski definition) is 1. The Bertz CT molecular complexity index is 406. The molecule has 1 aromatic carbocycles. The molecule has 1 unspecified atom stereocenters. The first kappa shape index (κ1) is 14.6. The molecule has 0 aliphatic carbocycles. The summed E-state index contributed by atoms with van der Waals surface area (Å²) in [6.07, 6.45) is 0. The van der Waals surface area contributed by atoms with E-state index in [0.717, 1.165) is 0 Å². The number of rotatable bonds is 7. The van der Waals surface area contributed by atoms with Crippen molar-refractivity contribution in [2.45, 2.75) is 19.4 Å². The Balaban J connectivity index is 2.65. The molecule has 0 aliphatic rings. The predicted octanol–water partition coefficient (Wildman–Crippen LogP) is 2.18. The van der Waals surface area contributed by atoms with Gasteiger partial charge < -0.3 is 14.6 Å². The van der Waals surface area contributed by atoms with Crippen LogP contribution in [-0.2, 0) is 20.9 Å². The minimum atomic E-state index is -0.974. The highest BCUT2D eigenvalue weighted by atomic mass is 19.1. The van der Waals surface area contributed by atoms with E-state index in [-0.39, 0.29) is 6.61 Å². The van der Waals surface area contributed by atoms with Gasteiger partial charge in [-0.05, 0) is 18.6 Å². The van der Waals surface area contributed by atoms with Crippen LogP contribution in [0.4, 0.5) is 4.39 Å². The Morgan fingerprint density at radius 1 is 1.44 bits per heavy atom. The van der Waals surface area contributed by atoms with Gasteiger partial charge in [0.05, 0.1) is 25.7 Å². The van der Waals surface area contributed by atoms with E-state index in [1.54, 1.807) is 19.2 Å². The molecule has 0 spiro atoms. The first-order chi connectivity index (χ1) is 8.56. The van der Waals surface area contributed by atoms with Gasteiger partial charge >= 0.3 is 5.97 Å². The van der Waals surface area contributed by atoms with Gasteiger partial charge in [-0.1, -0.05) is 12.1 Å². The predicted molar refractivity (Wildman–Crippen MR) is 64.0 cm³/mol. The Hall–Kier alpha value is -1.46. The van der Waals surface area contributed by atoms with Gasteiger partial charge in [0, 0.05) is 12.7 Å². The molecular weight excluding hydrogens is 239 g/mol. The van der Waals surface area contributed by atoms with Crippen molar-refractivity contribution in [2.24, 2.45) is 0 Å². The van der Waals surface area contributed by atoms with Gasteiger partial charge in [-0.2, -0.15) is 0 Å². The summed E-state index contributed by atoms with van der Waals surface area (Å²) in [5.41, 5.74) is 0.855. The molecule has 0 aromatic heterocycles. The molecule has 100 valence electrons. The lowest BCUT2D eigenvalue weighted by atomic mass is 10.00. The molecule has 0 fully saturated rings. The zero-order chi connectivity index (χ0) is 13.5. The van der Waals surface area contributed by atoms with Crippen LogP contribution in [0.15, 0.2) is 18.2 Å². The highest BCUT2D eigenvalue weighted by molar-refractivity contribution is 5.75. The summed E-state index contributed by atoms with van der Waals surface area (Å²) >= 11 is 0. The van der Waals surface area contributed by atoms with Crippen LogP contribution in [0.2, 0.25) is 0 Å². The van der Waals surface area contributed by atoms with E-state index in [1.165, 1.54) is 13.0 Å². The SMILES string of the molecule is COCCOCc1ccc(C(C)C(=O)O)cc1F. The molecule has 4 nitrogen and oxygen atoms in total. The first-order valence-electron chi connectivity index (χ1n) is 5.64. The third-order valence-electron chi connectivity index (χ3n) is 2.64. The van der Waals surface area contributed by atoms with Crippen LogP contribution in [0.1, 0.15) is 24.0 Å². The van der Waals surface area contributed by atoms with Gasteiger partial charge in [0.1, 0.15) is 5.82 Å². The van der Waals surface area contributed by atoms with Crippen molar-refractivity contribution in [2.75, 3.05) is 20.3 Å². The molecule has 0 radical (unpaired) electrons. The lowest BCUT2D eigenvalue weighted by Crippen LogP contribution is -2.08. The van der Waals surface area contributed by atoms with Crippen LogP contribution in [0.5, 0.6) is 0 Å². The quantitative estimate of drug-likeness (QED) is 0.760. The number of carbonyl (C=O) groups is 1. The third-order valence-corrected chi connectivity index (χ3v) is 2.64. The third kappa shape index (κ3) is 4.09. The van der Waals surface area contributed by atoms with Gasteiger partial charge in [0.15, 0.2) is 0 Å². The lowest BCUT2D eigenvalue weighted by molar-refractivity contribution is -0.138. The largest absolute Gasteiger partial charge is 0.481 e. The molecule has 0 heterocycles. The van der Waals surface area contributed by atoms with E-state index in [0.29, 0.717) is 24.3 Å². The van der Waals surface area contributed by atoms with E-state index < -0.39 is 17.7 Å². The molecule has 0 bridgehead atoms. The molecular formula is C13H17FO4. The molecule has 1 aromatic rings. The fourth-order valence-corrected chi connectivity index (χ4v) is 1.42. The Labute approximate surface area is 105 Å². The lowest BCUT2D eigenvalue weighted by Gasteiger charge is -2.09. The number of ether oxygens (including phenoxy) is 2. The van der Waals surface area contributed by atoms with Crippen LogP contribution in [0.3, 0.4) is 0 Å². The van der Waals surface area contributed by atoms with Gasteiger partial charge in [-0.3, -0.25) is 4.79 Å². The normalized spacial score (nSPS) is 12.4. The standard InChI is InChI=1S/C13H17FO4/c1-9(13(15)16)10-3-4-11(12(14)7-10)8-18-6-5-17-2/h3-4,7,9H,5-6,8H2,1-2H3,(H,15,16). The van der Waals surface area contributed by atoms with Gasteiger partial charge in [0.25, 0.3) is 0 Å². The monoisotopic (exact) mass is 256 g/mol. The van der Waals surface area contributed by atoms with Crippen LogP contribution in [0.25, 0.3) is 0 Å². The Morgan fingerprint density at radius 2 is 2.17 bits per heavy atom. The maximum Gasteiger partial charge on any atom is 0.310 e. The van der Waals surface area contributed by atoms with Crippen molar-refractivity contribution in [3.8, 4) is 0 Å². The molecule has 1 rings (SSSR count). The second kappa shape index (κ2) is 7.08. The number of halogens is 1. The van der Waals surface area contributed by atoms with Crippen molar-refractivity contribution in [1.82, 2.24) is 0 Å². The second-order valence-corrected chi connectivity index (χ2v) is 3.96. The summed E-state index contributed by atoms with van der Waals surface area (Å²) in [6, 6.07) is 4.40. The highest BCUT2D eigenvalue weighted by Gasteiger charge is 2.15. The van der Waals surface area contributed by atoms with Crippen molar-refractivity contribution < 1.29 is 23.8 Å². The van der Waals surface area contributed by atoms with E-state index in [2.05, 4.69) is 0 Å². The van der Waals surface area contributed by atoms with E-state index in [4.69, 9.17) is 14.6 Å². The summed E-state index contributed by atoms with van der Waals surface area (Å²) in [5, 5.41) is 8.84. The number of hydrogen-bond acceptors (Lipinski definition) is 3. The first-order valence-corrected chi connectivity index (χ1v) is 5.64. The smallest absolute Gasteiger partial charge is 0.310 e. The van der Waals surface area contributed by atoms with E-state index >= 15 is 0 Å². The Kier molecular flexibility index (Phi) is 5.74. The molecule has 0 amide bonds. The minimum absolute atomic E-state index is 0.150. The van der Waals surface area contributed by atoms with E-state index in [9.17, 15) is 9.18 Å². The molecule has 0 saturated heterocycles. The number of methoxy groups -OCH3 is 1. The highest BCUT2D eigenvalue weighted by Crippen LogP contribution is 2.19. The maximum absolute atomic E-state index is 13.7.